The van der Waals surface area contributed by atoms with Gasteiger partial charge in [0.1, 0.15) is 12.4 Å². The number of hydrogen-bond acceptors (Lipinski definition) is 4. The normalized spacial score (nSPS) is 28.5. The fourth-order valence-electron chi connectivity index (χ4n) is 3.42. The highest BCUT2D eigenvalue weighted by Gasteiger charge is 2.34. The standard InChI is InChI=1S/C17H24N2O3/c1-21-16-10-12(6-7-14(16)18)17(20)19-8-9-22-15-5-3-2-4-13(15)11-19/h2-5,12,14,16H,6-11,18H2,1H3/t12-,14-,16-/m0/s1. The maximum atomic E-state index is 12.9. The minimum Gasteiger partial charge on any atom is -0.491 e. The van der Waals surface area contributed by atoms with E-state index in [1.54, 1.807) is 7.11 Å². The molecule has 3 atom stereocenters. The SMILES string of the molecule is CO[C@H]1C[C@@H](C(=O)N2CCOc3ccccc3C2)CC[C@@H]1N. The number of amides is 1. The summed E-state index contributed by atoms with van der Waals surface area (Å²) in [6, 6.07) is 7.97. The summed E-state index contributed by atoms with van der Waals surface area (Å²) < 4.78 is 11.2. The Morgan fingerprint density at radius 3 is 3.00 bits per heavy atom. The molecule has 1 heterocycles. The molecule has 0 saturated heterocycles. The van der Waals surface area contributed by atoms with Crippen LogP contribution in [0.1, 0.15) is 24.8 Å². The van der Waals surface area contributed by atoms with Crippen molar-refractivity contribution >= 4 is 5.91 Å². The molecule has 0 aromatic heterocycles. The second-order valence-corrected chi connectivity index (χ2v) is 6.16. The highest BCUT2D eigenvalue weighted by atomic mass is 16.5. The smallest absolute Gasteiger partial charge is 0.226 e. The van der Waals surface area contributed by atoms with E-state index in [2.05, 4.69) is 0 Å². The second kappa shape index (κ2) is 6.67. The fourth-order valence-corrected chi connectivity index (χ4v) is 3.42. The Labute approximate surface area is 131 Å². The first-order valence-electron chi connectivity index (χ1n) is 7.97. The van der Waals surface area contributed by atoms with Gasteiger partial charge in [0.2, 0.25) is 5.91 Å². The molecule has 0 radical (unpaired) electrons. The number of nitrogens with zero attached hydrogens (tertiary/aromatic N) is 1. The van der Waals surface area contributed by atoms with Crippen LogP contribution >= 0.6 is 0 Å². The van der Waals surface area contributed by atoms with Crippen LogP contribution in [0.4, 0.5) is 0 Å². The first kappa shape index (κ1) is 15.3. The van der Waals surface area contributed by atoms with E-state index in [9.17, 15) is 4.79 Å². The van der Waals surface area contributed by atoms with Crippen LogP contribution in [0, 0.1) is 5.92 Å². The fraction of sp³-hybridized carbons (Fsp3) is 0.588. The molecule has 22 heavy (non-hydrogen) atoms. The number of para-hydroxylation sites is 1. The van der Waals surface area contributed by atoms with E-state index in [0.717, 1.165) is 30.6 Å². The molecule has 5 nitrogen and oxygen atoms in total. The third-order valence-corrected chi connectivity index (χ3v) is 4.76. The largest absolute Gasteiger partial charge is 0.491 e. The van der Waals surface area contributed by atoms with Crippen LogP contribution in [0.15, 0.2) is 24.3 Å². The van der Waals surface area contributed by atoms with Crippen molar-refractivity contribution in [1.29, 1.82) is 0 Å². The first-order valence-corrected chi connectivity index (χ1v) is 7.97. The average Bonchev–Trinajstić information content (AvgIpc) is 2.77. The summed E-state index contributed by atoms with van der Waals surface area (Å²) in [5.74, 6) is 1.10. The van der Waals surface area contributed by atoms with Crippen molar-refractivity contribution in [2.75, 3.05) is 20.3 Å². The number of carbonyl (C=O) groups is 1. The van der Waals surface area contributed by atoms with Gasteiger partial charge in [0.25, 0.3) is 0 Å². The maximum absolute atomic E-state index is 12.9. The zero-order valence-electron chi connectivity index (χ0n) is 13.0. The van der Waals surface area contributed by atoms with Crippen LogP contribution in [0.2, 0.25) is 0 Å². The summed E-state index contributed by atoms with van der Waals surface area (Å²) >= 11 is 0. The number of methoxy groups -OCH3 is 1. The Kier molecular flexibility index (Phi) is 4.64. The molecular formula is C17H24N2O3. The lowest BCUT2D eigenvalue weighted by Crippen LogP contribution is -2.46. The molecular weight excluding hydrogens is 280 g/mol. The molecule has 1 amide bonds. The molecule has 1 aliphatic heterocycles. The molecule has 1 aromatic rings. The van der Waals surface area contributed by atoms with E-state index in [0.29, 0.717) is 19.7 Å². The summed E-state index contributed by atoms with van der Waals surface area (Å²) in [4.78, 5) is 14.8. The van der Waals surface area contributed by atoms with Crippen LogP contribution in [0.5, 0.6) is 5.75 Å². The molecule has 3 rings (SSSR count). The van der Waals surface area contributed by atoms with Crippen molar-refractivity contribution in [2.24, 2.45) is 11.7 Å². The maximum Gasteiger partial charge on any atom is 0.226 e. The second-order valence-electron chi connectivity index (χ2n) is 6.16. The van der Waals surface area contributed by atoms with Crippen molar-refractivity contribution < 1.29 is 14.3 Å². The Hall–Kier alpha value is -1.59. The molecule has 1 fully saturated rings. The van der Waals surface area contributed by atoms with Gasteiger partial charge in [-0.05, 0) is 25.3 Å². The summed E-state index contributed by atoms with van der Waals surface area (Å²) in [6.07, 6.45) is 2.39. The lowest BCUT2D eigenvalue weighted by atomic mass is 9.83. The number of carbonyl (C=O) groups excluding carboxylic acids is 1. The van der Waals surface area contributed by atoms with Gasteiger partial charge in [0, 0.05) is 31.2 Å². The molecule has 2 aliphatic rings. The van der Waals surface area contributed by atoms with Gasteiger partial charge in [0.15, 0.2) is 0 Å². The minimum atomic E-state index is -0.0155. The predicted molar refractivity (Wildman–Crippen MR) is 83.5 cm³/mol. The number of fused-ring (bicyclic) bond motifs is 1. The van der Waals surface area contributed by atoms with Crippen LogP contribution < -0.4 is 10.5 Å². The molecule has 0 bridgehead atoms. The van der Waals surface area contributed by atoms with E-state index >= 15 is 0 Å². The van der Waals surface area contributed by atoms with Gasteiger partial charge in [0.05, 0.1) is 12.6 Å². The van der Waals surface area contributed by atoms with Gasteiger partial charge in [-0.15, -0.1) is 0 Å². The number of benzene rings is 1. The molecule has 120 valence electrons. The van der Waals surface area contributed by atoms with Crippen LogP contribution in [0.25, 0.3) is 0 Å². The zero-order chi connectivity index (χ0) is 15.5. The quantitative estimate of drug-likeness (QED) is 0.900. The molecule has 1 aromatic carbocycles. The third kappa shape index (κ3) is 3.10. The molecule has 0 spiro atoms. The number of ether oxygens (including phenoxy) is 2. The van der Waals surface area contributed by atoms with Gasteiger partial charge in [-0.25, -0.2) is 0 Å². The lowest BCUT2D eigenvalue weighted by molar-refractivity contribution is -0.139. The van der Waals surface area contributed by atoms with Gasteiger partial charge >= 0.3 is 0 Å². The molecule has 0 unspecified atom stereocenters. The summed E-state index contributed by atoms with van der Waals surface area (Å²) in [5.41, 5.74) is 7.12. The zero-order valence-corrected chi connectivity index (χ0v) is 13.0. The Morgan fingerprint density at radius 2 is 2.18 bits per heavy atom. The van der Waals surface area contributed by atoms with E-state index in [-0.39, 0.29) is 24.0 Å². The predicted octanol–water partition coefficient (Wildman–Crippen LogP) is 1.55. The van der Waals surface area contributed by atoms with Gasteiger partial charge < -0.3 is 20.1 Å². The Morgan fingerprint density at radius 1 is 1.36 bits per heavy atom. The van der Waals surface area contributed by atoms with E-state index in [4.69, 9.17) is 15.2 Å². The van der Waals surface area contributed by atoms with Crippen molar-refractivity contribution in [3.8, 4) is 5.75 Å². The monoisotopic (exact) mass is 304 g/mol. The van der Waals surface area contributed by atoms with Gasteiger partial charge in [-0.3, -0.25) is 4.79 Å². The highest BCUT2D eigenvalue weighted by Crippen LogP contribution is 2.29. The van der Waals surface area contributed by atoms with E-state index in [1.165, 1.54) is 0 Å². The summed E-state index contributed by atoms with van der Waals surface area (Å²) in [6.45, 7) is 1.80. The van der Waals surface area contributed by atoms with E-state index < -0.39 is 0 Å². The summed E-state index contributed by atoms with van der Waals surface area (Å²) in [5, 5.41) is 0. The highest BCUT2D eigenvalue weighted by molar-refractivity contribution is 5.79. The summed E-state index contributed by atoms with van der Waals surface area (Å²) in [7, 11) is 1.67. The number of nitrogens with two attached hydrogens (primary N) is 1. The van der Waals surface area contributed by atoms with Crippen LogP contribution in [0.3, 0.4) is 0 Å². The van der Waals surface area contributed by atoms with Crippen molar-refractivity contribution in [2.45, 2.75) is 38.0 Å². The van der Waals surface area contributed by atoms with Gasteiger partial charge in [-0.1, -0.05) is 18.2 Å². The van der Waals surface area contributed by atoms with Crippen LogP contribution in [-0.4, -0.2) is 43.2 Å². The number of hydrogen-bond donors (Lipinski definition) is 1. The molecule has 1 saturated carbocycles. The average molecular weight is 304 g/mol. The molecule has 5 heteroatoms. The molecule has 1 aliphatic carbocycles. The van der Waals surface area contributed by atoms with Crippen molar-refractivity contribution in [3.63, 3.8) is 0 Å². The van der Waals surface area contributed by atoms with Gasteiger partial charge in [-0.2, -0.15) is 0 Å². The van der Waals surface area contributed by atoms with E-state index in [1.807, 2.05) is 29.2 Å². The first-order chi connectivity index (χ1) is 10.7. The molecule has 2 N–H and O–H groups in total. The number of rotatable bonds is 2. The van der Waals surface area contributed by atoms with Crippen molar-refractivity contribution in [3.05, 3.63) is 29.8 Å². The third-order valence-electron chi connectivity index (χ3n) is 4.76. The van der Waals surface area contributed by atoms with Crippen molar-refractivity contribution in [1.82, 2.24) is 4.90 Å². The minimum absolute atomic E-state index is 0.00927. The lowest BCUT2D eigenvalue weighted by Gasteiger charge is -2.34. The van der Waals surface area contributed by atoms with Crippen LogP contribution in [-0.2, 0) is 16.1 Å². The Bertz CT molecular complexity index is 534. The topological polar surface area (TPSA) is 64.8 Å². The Balaban J connectivity index is 1.70.